The summed E-state index contributed by atoms with van der Waals surface area (Å²) < 4.78 is 1.15. The number of hydrogen-bond acceptors (Lipinski definition) is 3. The molecule has 1 aromatic carbocycles. The van der Waals surface area contributed by atoms with Gasteiger partial charge in [0.2, 0.25) is 0 Å². The molecule has 1 atom stereocenters. The van der Waals surface area contributed by atoms with Crippen molar-refractivity contribution in [2.24, 2.45) is 0 Å². The van der Waals surface area contributed by atoms with Gasteiger partial charge in [-0.05, 0) is 64.3 Å². The van der Waals surface area contributed by atoms with E-state index >= 15 is 0 Å². The fourth-order valence-corrected chi connectivity index (χ4v) is 4.21. The van der Waals surface area contributed by atoms with Crippen molar-refractivity contribution in [2.45, 2.75) is 45.6 Å². The first-order valence-corrected chi connectivity index (χ1v) is 10.9. The molecule has 1 aromatic heterocycles. The molecule has 150 valence electrons. The lowest BCUT2D eigenvalue weighted by atomic mass is 9.87. The van der Waals surface area contributed by atoms with Gasteiger partial charge >= 0.3 is 6.03 Å². The summed E-state index contributed by atoms with van der Waals surface area (Å²) in [6.07, 6.45) is 2.75. The molecule has 1 aliphatic heterocycles. The first-order valence-electron chi connectivity index (χ1n) is 9.83. The Balaban J connectivity index is 1.66. The number of benzene rings is 1. The summed E-state index contributed by atoms with van der Waals surface area (Å²) in [7, 11) is 0. The molecular formula is C22H29IN4O. The molecule has 1 aliphatic rings. The molecule has 6 heteroatoms. The van der Waals surface area contributed by atoms with Crippen LogP contribution in [0.25, 0.3) is 0 Å². The van der Waals surface area contributed by atoms with Gasteiger partial charge in [0.25, 0.3) is 0 Å². The van der Waals surface area contributed by atoms with E-state index in [0.29, 0.717) is 6.54 Å². The molecule has 2 amide bonds. The molecule has 0 radical (unpaired) electrons. The Kier molecular flexibility index (Phi) is 6.47. The highest BCUT2D eigenvalue weighted by Crippen LogP contribution is 2.25. The summed E-state index contributed by atoms with van der Waals surface area (Å²) in [6.45, 7) is 11.0. The summed E-state index contributed by atoms with van der Waals surface area (Å²) in [6, 6.07) is 12.3. The molecule has 1 fully saturated rings. The van der Waals surface area contributed by atoms with Crippen LogP contribution in [-0.4, -0.2) is 41.6 Å². The minimum absolute atomic E-state index is 0.0225. The maximum atomic E-state index is 12.9. The van der Waals surface area contributed by atoms with Gasteiger partial charge in [-0.3, -0.25) is 0 Å². The van der Waals surface area contributed by atoms with Gasteiger partial charge in [0.15, 0.2) is 0 Å². The zero-order valence-corrected chi connectivity index (χ0v) is 19.2. The fourth-order valence-electron chi connectivity index (χ4n) is 3.52. The van der Waals surface area contributed by atoms with E-state index in [9.17, 15) is 4.79 Å². The second kappa shape index (κ2) is 8.68. The zero-order chi connectivity index (χ0) is 20.3. The Morgan fingerprint density at radius 3 is 2.54 bits per heavy atom. The van der Waals surface area contributed by atoms with Crippen LogP contribution in [0.3, 0.4) is 0 Å². The number of hydrogen-bond donors (Lipinski definition) is 1. The minimum Gasteiger partial charge on any atom is -0.352 e. The van der Waals surface area contributed by atoms with E-state index in [0.717, 1.165) is 34.6 Å². The van der Waals surface area contributed by atoms with Crippen LogP contribution in [0.1, 0.15) is 39.7 Å². The first-order chi connectivity index (χ1) is 13.3. The number of halogens is 1. The van der Waals surface area contributed by atoms with E-state index in [1.54, 1.807) is 0 Å². The number of nitrogens with one attached hydrogen (secondary N) is 1. The number of nitrogens with zero attached hydrogens (tertiary/aromatic N) is 3. The summed E-state index contributed by atoms with van der Waals surface area (Å²) >= 11 is 2.33. The molecule has 0 spiro atoms. The van der Waals surface area contributed by atoms with E-state index < -0.39 is 0 Å². The van der Waals surface area contributed by atoms with Gasteiger partial charge in [0, 0.05) is 31.5 Å². The van der Waals surface area contributed by atoms with Gasteiger partial charge in [0.05, 0.1) is 9.61 Å². The van der Waals surface area contributed by atoms with Crippen molar-refractivity contribution in [3.8, 4) is 0 Å². The van der Waals surface area contributed by atoms with E-state index in [1.165, 1.54) is 5.56 Å². The predicted molar refractivity (Wildman–Crippen MR) is 124 cm³/mol. The van der Waals surface area contributed by atoms with E-state index in [-0.39, 0.29) is 17.5 Å². The Hall–Kier alpha value is -1.83. The molecule has 1 N–H and O–H groups in total. The molecule has 28 heavy (non-hydrogen) atoms. The molecule has 0 bridgehead atoms. The van der Waals surface area contributed by atoms with Crippen molar-refractivity contribution in [3.63, 3.8) is 0 Å². The molecule has 1 saturated heterocycles. The molecule has 0 aliphatic carbocycles. The topological polar surface area (TPSA) is 48.5 Å². The standard InChI is InChI=1S/C22H29IN4O/c1-5-18-15-26(20-19(23)7-6-12-24-20)13-14-27(18)21(28)25-17-10-8-16(9-11-17)22(2,3)4/h6-12,18H,5,13-15H2,1-4H3,(H,25,28)/t18-/m0/s1. The van der Waals surface area contributed by atoms with Crippen LogP contribution in [0.4, 0.5) is 16.3 Å². The molecule has 2 heterocycles. The van der Waals surface area contributed by atoms with Crippen LogP contribution in [-0.2, 0) is 5.41 Å². The third-order valence-corrected chi connectivity index (χ3v) is 6.10. The Morgan fingerprint density at radius 1 is 1.21 bits per heavy atom. The monoisotopic (exact) mass is 492 g/mol. The van der Waals surface area contributed by atoms with Crippen molar-refractivity contribution < 1.29 is 4.79 Å². The molecule has 3 rings (SSSR count). The van der Waals surface area contributed by atoms with Crippen LogP contribution in [0.5, 0.6) is 0 Å². The van der Waals surface area contributed by atoms with Crippen molar-refractivity contribution in [1.82, 2.24) is 9.88 Å². The van der Waals surface area contributed by atoms with Crippen LogP contribution in [0.2, 0.25) is 0 Å². The highest BCUT2D eigenvalue weighted by Gasteiger charge is 2.30. The highest BCUT2D eigenvalue weighted by molar-refractivity contribution is 14.1. The summed E-state index contributed by atoms with van der Waals surface area (Å²) in [5.41, 5.74) is 2.21. The van der Waals surface area contributed by atoms with Gasteiger partial charge in [-0.15, -0.1) is 0 Å². The van der Waals surface area contributed by atoms with E-state index in [1.807, 2.05) is 29.3 Å². The lowest BCUT2D eigenvalue weighted by Crippen LogP contribution is -2.56. The lowest BCUT2D eigenvalue weighted by molar-refractivity contribution is 0.176. The maximum absolute atomic E-state index is 12.9. The van der Waals surface area contributed by atoms with Crippen molar-refractivity contribution in [2.75, 3.05) is 29.9 Å². The summed E-state index contributed by atoms with van der Waals surface area (Å²) in [5, 5.41) is 3.07. The second-order valence-corrected chi connectivity index (χ2v) is 9.43. The number of urea groups is 1. The molecular weight excluding hydrogens is 463 g/mol. The zero-order valence-electron chi connectivity index (χ0n) is 17.1. The van der Waals surface area contributed by atoms with Crippen molar-refractivity contribution in [1.29, 1.82) is 0 Å². The Labute approximate surface area is 181 Å². The number of carbonyl (C=O) groups excluding carboxylic acids is 1. The van der Waals surface area contributed by atoms with Crippen LogP contribution in [0.15, 0.2) is 42.6 Å². The van der Waals surface area contributed by atoms with Crippen LogP contribution in [0, 0.1) is 3.57 Å². The average Bonchev–Trinajstić information content (AvgIpc) is 2.67. The van der Waals surface area contributed by atoms with Crippen molar-refractivity contribution >= 4 is 40.1 Å². The summed E-state index contributed by atoms with van der Waals surface area (Å²) in [5.74, 6) is 1.01. The maximum Gasteiger partial charge on any atom is 0.322 e. The fraction of sp³-hybridized carbons (Fsp3) is 0.455. The number of aromatic nitrogens is 1. The third kappa shape index (κ3) is 4.77. The molecule has 0 unspecified atom stereocenters. The normalized spacial score (nSPS) is 17.5. The van der Waals surface area contributed by atoms with Crippen molar-refractivity contribution in [3.05, 3.63) is 51.7 Å². The first kappa shape index (κ1) is 20.9. The Morgan fingerprint density at radius 2 is 1.93 bits per heavy atom. The largest absolute Gasteiger partial charge is 0.352 e. The van der Waals surface area contributed by atoms with Gasteiger partial charge in [0.1, 0.15) is 5.82 Å². The van der Waals surface area contributed by atoms with Gasteiger partial charge in [-0.1, -0.05) is 39.8 Å². The smallest absolute Gasteiger partial charge is 0.322 e. The molecule has 5 nitrogen and oxygen atoms in total. The lowest BCUT2D eigenvalue weighted by Gasteiger charge is -2.41. The minimum atomic E-state index is -0.0225. The number of piperazine rings is 1. The number of amides is 2. The number of carbonyl (C=O) groups is 1. The quantitative estimate of drug-likeness (QED) is 0.606. The number of anilines is 2. The number of rotatable bonds is 3. The highest BCUT2D eigenvalue weighted by atomic mass is 127. The van der Waals surface area contributed by atoms with Gasteiger partial charge in [-0.25, -0.2) is 9.78 Å². The van der Waals surface area contributed by atoms with Crippen LogP contribution < -0.4 is 10.2 Å². The molecule has 2 aromatic rings. The Bertz CT molecular complexity index is 816. The third-order valence-electron chi connectivity index (χ3n) is 5.26. The average molecular weight is 492 g/mol. The number of pyridine rings is 1. The second-order valence-electron chi connectivity index (χ2n) is 8.27. The summed E-state index contributed by atoms with van der Waals surface area (Å²) in [4.78, 5) is 21.7. The SMILES string of the molecule is CC[C@H]1CN(c2ncccc2I)CCN1C(=O)Nc1ccc(C(C)(C)C)cc1. The van der Waals surface area contributed by atoms with E-state index in [4.69, 9.17) is 0 Å². The van der Waals surface area contributed by atoms with Gasteiger partial charge in [-0.2, -0.15) is 0 Å². The van der Waals surface area contributed by atoms with Gasteiger partial charge < -0.3 is 15.1 Å². The molecule has 0 saturated carbocycles. The predicted octanol–water partition coefficient (Wildman–Crippen LogP) is 5.12. The van der Waals surface area contributed by atoms with E-state index in [2.05, 4.69) is 83.7 Å². The van der Waals surface area contributed by atoms with Crippen LogP contribution >= 0.6 is 22.6 Å².